The van der Waals surface area contributed by atoms with Gasteiger partial charge < -0.3 is 36.1 Å². The number of aromatic nitrogens is 1. The van der Waals surface area contributed by atoms with Gasteiger partial charge in [-0.2, -0.15) is 0 Å². The number of rotatable bonds is 11. The van der Waals surface area contributed by atoms with Gasteiger partial charge in [0.15, 0.2) is 5.13 Å². The first-order valence-electron chi connectivity index (χ1n) is 15.8. The van der Waals surface area contributed by atoms with Gasteiger partial charge in [-0.3, -0.25) is 14.5 Å². The lowest BCUT2D eigenvalue weighted by Crippen LogP contribution is -2.59. The monoisotopic (exact) mass is 673 g/mol. The number of primary amides is 1. The highest BCUT2D eigenvalue weighted by Gasteiger charge is 2.50. The van der Waals surface area contributed by atoms with Gasteiger partial charge >= 0.3 is 18.1 Å². The number of amides is 4. The minimum Gasteiger partial charge on any atom is -0.387 e. The number of carbonyl (C=O) groups is 4. The Morgan fingerprint density at radius 1 is 1.04 bits per heavy atom. The third-order valence-corrected chi connectivity index (χ3v) is 8.58. The van der Waals surface area contributed by atoms with Crippen LogP contribution in [0.2, 0.25) is 0 Å². The molecule has 2 aromatic rings. The number of piperidine rings is 1. The average molecular weight is 674 g/mol. The molecule has 0 bridgehead atoms. The molecule has 1 unspecified atom stereocenters. The highest BCUT2D eigenvalue weighted by atomic mass is 32.1. The summed E-state index contributed by atoms with van der Waals surface area (Å²) in [7, 11) is 3.59. The zero-order valence-corrected chi connectivity index (χ0v) is 29.9. The van der Waals surface area contributed by atoms with Crippen molar-refractivity contribution in [2.75, 3.05) is 37.8 Å². The number of nitrogens with two attached hydrogens (primary N) is 1. The van der Waals surface area contributed by atoms with Crippen LogP contribution in [0, 0.1) is 11.3 Å². The molecule has 5 N–H and O–H groups in total. The van der Waals surface area contributed by atoms with E-state index in [-0.39, 0.29) is 17.7 Å². The van der Waals surface area contributed by atoms with E-state index in [1.165, 1.54) is 18.3 Å². The standard InChI is InChI=1S/C33H51N7O6S/c1-21(41)35-29-36-25(26(47-29)20-40-18-10-11-23(19-40)27(42)39(8)9)17-14-22-12-15-24(16-13-22)37-33(31(2,3)4,45-28(34)43)46-30(44)38-32(5,6)7/h12-13,15-16,23,37H,10-11,14,17-20H2,1-9H3,(H2,34,43)(H,38,44)(H,35,36,41)/t23-,33?/m1/s1. The summed E-state index contributed by atoms with van der Waals surface area (Å²) < 4.78 is 11.2. The number of nitrogens with one attached hydrogen (secondary N) is 3. The van der Waals surface area contributed by atoms with Gasteiger partial charge in [0.2, 0.25) is 11.8 Å². The number of hydrogen-bond acceptors (Lipinski definition) is 10. The first-order valence-corrected chi connectivity index (χ1v) is 16.6. The van der Waals surface area contributed by atoms with E-state index in [1.54, 1.807) is 60.5 Å². The molecule has 47 heavy (non-hydrogen) atoms. The molecule has 0 radical (unpaired) electrons. The predicted octanol–water partition coefficient (Wildman–Crippen LogP) is 4.92. The fourth-order valence-corrected chi connectivity index (χ4v) is 6.35. The molecule has 1 aliphatic heterocycles. The highest BCUT2D eigenvalue weighted by molar-refractivity contribution is 7.15. The molecule has 1 aromatic heterocycles. The largest absolute Gasteiger partial charge is 0.412 e. The van der Waals surface area contributed by atoms with Crippen molar-refractivity contribution in [1.29, 1.82) is 0 Å². The number of alkyl carbamates (subject to hydrolysis) is 1. The summed E-state index contributed by atoms with van der Waals surface area (Å²) in [5, 5.41) is 9.18. The van der Waals surface area contributed by atoms with Crippen LogP contribution in [0.3, 0.4) is 0 Å². The summed E-state index contributed by atoms with van der Waals surface area (Å²) in [5.41, 5.74) is 6.39. The maximum atomic E-state index is 12.8. The lowest BCUT2D eigenvalue weighted by Gasteiger charge is -2.42. The van der Waals surface area contributed by atoms with Crippen LogP contribution in [0.15, 0.2) is 24.3 Å². The number of nitrogens with zero attached hydrogens (tertiary/aromatic N) is 3. The van der Waals surface area contributed by atoms with E-state index in [4.69, 9.17) is 20.2 Å². The fourth-order valence-electron chi connectivity index (χ4n) is 5.25. The van der Waals surface area contributed by atoms with Crippen molar-refractivity contribution in [1.82, 2.24) is 20.1 Å². The van der Waals surface area contributed by atoms with Crippen LogP contribution in [-0.4, -0.2) is 77.4 Å². The van der Waals surface area contributed by atoms with Gasteiger partial charge in [0.05, 0.1) is 17.0 Å². The molecule has 260 valence electrons. The Morgan fingerprint density at radius 3 is 2.26 bits per heavy atom. The number of carbonyl (C=O) groups excluding carboxylic acids is 4. The Balaban J connectivity index is 1.77. The van der Waals surface area contributed by atoms with E-state index in [0.717, 1.165) is 35.5 Å². The molecule has 13 nitrogen and oxygen atoms in total. The van der Waals surface area contributed by atoms with Crippen LogP contribution < -0.4 is 21.7 Å². The molecule has 0 saturated carbocycles. The Labute approximate surface area is 281 Å². The Hall–Kier alpha value is -3.91. The Kier molecular flexibility index (Phi) is 12.2. The second-order valence-corrected chi connectivity index (χ2v) is 15.3. The quantitative estimate of drug-likeness (QED) is 0.242. The van der Waals surface area contributed by atoms with Crippen LogP contribution >= 0.6 is 11.3 Å². The fraction of sp³-hybridized carbons (Fsp3) is 0.606. The maximum Gasteiger partial charge on any atom is 0.412 e. The maximum absolute atomic E-state index is 12.8. The lowest BCUT2D eigenvalue weighted by atomic mass is 9.90. The SMILES string of the molecule is CC(=O)Nc1nc(CCc2ccc(NC(OC(N)=O)(OC(=O)NC(C)(C)C)C(C)(C)C)cc2)c(CN2CCC[C@@H](C(=O)N(C)C)C2)s1. The summed E-state index contributed by atoms with van der Waals surface area (Å²) in [6, 6.07) is 7.48. The first-order chi connectivity index (χ1) is 21.8. The van der Waals surface area contributed by atoms with Crippen LogP contribution in [-0.2, 0) is 38.4 Å². The van der Waals surface area contributed by atoms with Crippen LogP contribution in [0.4, 0.5) is 20.4 Å². The van der Waals surface area contributed by atoms with Crippen molar-refractivity contribution in [3.8, 4) is 0 Å². The van der Waals surface area contributed by atoms with E-state index >= 15 is 0 Å². The van der Waals surface area contributed by atoms with Gasteiger partial charge in [-0.15, -0.1) is 11.3 Å². The number of ether oxygens (including phenoxy) is 2. The van der Waals surface area contributed by atoms with Gasteiger partial charge in [-0.25, -0.2) is 14.6 Å². The minimum absolute atomic E-state index is 0.0271. The van der Waals surface area contributed by atoms with Crippen LogP contribution in [0.1, 0.15) is 77.4 Å². The molecule has 1 fully saturated rings. The van der Waals surface area contributed by atoms with Gasteiger partial charge in [0.1, 0.15) is 0 Å². The highest BCUT2D eigenvalue weighted by Crippen LogP contribution is 2.37. The van der Waals surface area contributed by atoms with E-state index in [1.807, 2.05) is 24.3 Å². The van der Waals surface area contributed by atoms with Gasteiger partial charge in [0.25, 0.3) is 0 Å². The molecule has 1 aromatic carbocycles. The zero-order chi connectivity index (χ0) is 35.2. The second kappa shape index (κ2) is 15.3. The van der Waals surface area contributed by atoms with Crippen molar-refractivity contribution in [3.63, 3.8) is 0 Å². The Morgan fingerprint density at radius 2 is 1.70 bits per heavy atom. The number of thiazole rings is 1. The van der Waals surface area contributed by atoms with E-state index < -0.39 is 29.1 Å². The number of benzene rings is 1. The molecule has 1 aliphatic rings. The summed E-state index contributed by atoms with van der Waals surface area (Å²) in [5.74, 6) is -1.96. The van der Waals surface area contributed by atoms with E-state index in [9.17, 15) is 19.2 Å². The predicted molar refractivity (Wildman–Crippen MR) is 183 cm³/mol. The summed E-state index contributed by atoms with van der Waals surface area (Å²) in [6.45, 7) is 14.4. The molecular weight excluding hydrogens is 622 g/mol. The van der Waals surface area contributed by atoms with E-state index in [0.29, 0.717) is 36.8 Å². The van der Waals surface area contributed by atoms with Crippen LogP contribution in [0.25, 0.3) is 0 Å². The third kappa shape index (κ3) is 11.1. The molecule has 2 atom stereocenters. The second-order valence-electron chi connectivity index (χ2n) is 14.3. The molecule has 1 saturated heterocycles. The Bertz CT molecular complexity index is 1410. The van der Waals surface area contributed by atoms with Crippen molar-refractivity contribution >= 4 is 46.2 Å². The number of aryl methyl sites for hydroxylation is 2. The minimum atomic E-state index is -1.91. The molecule has 14 heteroatoms. The smallest absolute Gasteiger partial charge is 0.387 e. The molecular formula is C33H51N7O6S. The molecule has 0 spiro atoms. The lowest BCUT2D eigenvalue weighted by molar-refractivity contribution is -0.202. The van der Waals surface area contributed by atoms with Gasteiger partial charge in [-0.05, 0) is 70.7 Å². The normalized spacial score (nSPS) is 16.8. The first kappa shape index (κ1) is 37.5. The van der Waals surface area contributed by atoms with Gasteiger partial charge in [0, 0.05) is 50.2 Å². The van der Waals surface area contributed by atoms with Crippen molar-refractivity contribution < 1.29 is 28.7 Å². The average Bonchev–Trinajstić information content (AvgIpc) is 3.30. The summed E-state index contributed by atoms with van der Waals surface area (Å²) in [4.78, 5) is 59.0. The third-order valence-electron chi connectivity index (χ3n) is 7.58. The number of hydrogen-bond donors (Lipinski definition) is 4. The molecule has 2 heterocycles. The summed E-state index contributed by atoms with van der Waals surface area (Å²) >= 11 is 1.47. The molecule has 0 aliphatic carbocycles. The number of likely N-dealkylation sites (tertiary alicyclic amines) is 1. The number of anilines is 2. The van der Waals surface area contributed by atoms with Crippen molar-refractivity contribution in [3.05, 3.63) is 40.4 Å². The van der Waals surface area contributed by atoms with Crippen LogP contribution in [0.5, 0.6) is 0 Å². The van der Waals surface area contributed by atoms with Gasteiger partial charge in [-0.1, -0.05) is 32.9 Å². The molecule has 3 rings (SSSR count). The topological polar surface area (TPSA) is 168 Å². The van der Waals surface area contributed by atoms with Crippen molar-refractivity contribution in [2.45, 2.75) is 92.1 Å². The summed E-state index contributed by atoms with van der Waals surface area (Å²) in [6.07, 6.45) is 1.26. The molecule has 4 amide bonds. The zero-order valence-electron chi connectivity index (χ0n) is 29.1. The van der Waals surface area contributed by atoms with Crippen molar-refractivity contribution in [2.24, 2.45) is 17.1 Å². The van der Waals surface area contributed by atoms with E-state index in [2.05, 4.69) is 20.9 Å².